The summed E-state index contributed by atoms with van der Waals surface area (Å²) >= 11 is 2.07. The van der Waals surface area contributed by atoms with E-state index in [9.17, 15) is 0 Å². The van der Waals surface area contributed by atoms with Gasteiger partial charge < -0.3 is 5.32 Å². The molecule has 1 atom stereocenters. The second-order valence-electron chi connectivity index (χ2n) is 4.20. The van der Waals surface area contributed by atoms with Gasteiger partial charge in [0.2, 0.25) is 0 Å². The fourth-order valence-corrected chi connectivity index (χ4v) is 3.17. The molecular weight excluding hydrogens is 214 g/mol. The van der Waals surface area contributed by atoms with E-state index < -0.39 is 0 Å². The molecule has 1 unspecified atom stereocenters. The van der Waals surface area contributed by atoms with E-state index in [-0.39, 0.29) is 0 Å². The summed E-state index contributed by atoms with van der Waals surface area (Å²) in [6, 6.07) is 8.21. The van der Waals surface area contributed by atoms with Crippen LogP contribution in [0.4, 0.5) is 0 Å². The molecule has 2 rings (SSSR count). The summed E-state index contributed by atoms with van der Waals surface area (Å²) in [6.45, 7) is 2.09. The molecule has 0 aliphatic carbocycles. The van der Waals surface area contributed by atoms with Crippen LogP contribution in [0, 0.1) is 18.3 Å². The molecule has 84 valence electrons. The third kappa shape index (κ3) is 3.30. The van der Waals surface area contributed by atoms with E-state index >= 15 is 0 Å². The van der Waals surface area contributed by atoms with Crippen LogP contribution in [-0.2, 0) is 6.54 Å². The minimum atomic E-state index is 0.870. The number of nitrogens with one attached hydrogen (secondary N) is 1. The molecule has 1 aromatic carbocycles. The first kappa shape index (κ1) is 11.6. The second-order valence-corrected chi connectivity index (χ2v) is 5.35. The first-order chi connectivity index (χ1) is 7.88. The van der Waals surface area contributed by atoms with Crippen molar-refractivity contribution in [2.24, 2.45) is 5.92 Å². The molecule has 0 aromatic heterocycles. The maximum absolute atomic E-state index is 5.31. The molecule has 1 nitrogen and oxygen atoms in total. The van der Waals surface area contributed by atoms with Gasteiger partial charge in [-0.15, -0.1) is 6.42 Å². The van der Waals surface area contributed by atoms with Crippen molar-refractivity contribution in [1.82, 2.24) is 5.32 Å². The van der Waals surface area contributed by atoms with Gasteiger partial charge >= 0.3 is 0 Å². The predicted molar refractivity (Wildman–Crippen MR) is 71.5 cm³/mol. The Bertz CT molecular complexity index is 357. The van der Waals surface area contributed by atoms with Crippen molar-refractivity contribution in [2.45, 2.75) is 13.0 Å². The van der Waals surface area contributed by atoms with Crippen molar-refractivity contribution < 1.29 is 0 Å². The molecule has 1 aromatic rings. The number of rotatable bonds is 4. The molecule has 0 radical (unpaired) electrons. The van der Waals surface area contributed by atoms with Crippen LogP contribution in [0.5, 0.6) is 0 Å². The topological polar surface area (TPSA) is 12.0 Å². The van der Waals surface area contributed by atoms with E-state index in [1.807, 2.05) is 12.1 Å². The Balaban J connectivity index is 1.74. The van der Waals surface area contributed by atoms with Crippen LogP contribution in [0.2, 0.25) is 0 Å². The first-order valence-corrected chi connectivity index (χ1v) is 6.88. The summed E-state index contributed by atoms with van der Waals surface area (Å²) in [6.07, 6.45) is 6.68. The average molecular weight is 231 g/mol. The van der Waals surface area contributed by atoms with Crippen LogP contribution in [-0.4, -0.2) is 18.1 Å². The largest absolute Gasteiger partial charge is 0.312 e. The molecule has 2 heteroatoms. The molecule has 1 saturated heterocycles. The van der Waals surface area contributed by atoms with Gasteiger partial charge in [-0.25, -0.2) is 0 Å². The monoisotopic (exact) mass is 231 g/mol. The van der Waals surface area contributed by atoms with Gasteiger partial charge in [-0.2, -0.15) is 11.8 Å². The lowest BCUT2D eigenvalue weighted by Crippen LogP contribution is -2.22. The number of benzene rings is 1. The minimum Gasteiger partial charge on any atom is -0.312 e. The fourth-order valence-electron chi connectivity index (χ4n) is 1.88. The van der Waals surface area contributed by atoms with Crippen LogP contribution >= 0.6 is 11.8 Å². The first-order valence-electron chi connectivity index (χ1n) is 5.72. The quantitative estimate of drug-likeness (QED) is 0.799. The molecule has 0 spiro atoms. The summed E-state index contributed by atoms with van der Waals surface area (Å²) in [5.41, 5.74) is 2.26. The predicted octanol–water partition coefficient (Wildman–Crippen LogP) is 2.51. The number of hydrogen-bond acceptors (Lipinski definition) is 2. The van der Waals surface area contributed by atoms with Gasteiger partial charge in [-0.1, -0.05) is 18.1 Å². The zero-order valence-corrected chi connectivity index (χ0v) is 10.2. The summed E-state index contributed by atoms with van der Waals surface area (Å²) in [4.78, 5) is 0. The van der Waals surface area contributed by atoms with Crippen LogP contribution < -0.4 is 5.32 Å². The van der Waals surface area contributed by atoms with E-state index in [1.165, 1.54) is 23.5 Å². The Morgan fingerprint density at radius 2 is 2.19 bits per heavy atom. The van der Waals surface area contributed by atoms with E-state index in [0.717, 1.165) is 24.6 Å². The lowest BCUT2D eigenvalue weighted by atomic mass is 10.1. The van der Waals surface area contributed by atoms with Crippen LogP contribution in [0.3, 0.4) is 0 Å². The van der Waals surface area contributed by atoms with E-state index in [1.54, 1.807) is 0 Å². The Hall–Kier alpha value is -0.910. The summed E-state index contributed by atoms with van der Waals surface area (Å²) in [5.74, 6) is 6.16. The average Bonchev–Trinajstić information content (AvgIpc) is 2.83. The summed E-state index contributed by atoms with van der Waals surface area (Å²) in [7, 11) is 0. The number of hydrogen-bond donors (Lipinski definition) is 1. The van der Waals surface area contributed by atoms with Crippen molar-refractivity contribution in [3.8, 4) is 12.3 Å². The van der Waals surface area contributed by atoms with E-state index in [2.05, 4.69) is 35.1 Å². The Labute approximate surface area is 102 Å². The van der Waals surface area contributed by atoms with E-state index in [4.69, 9.17) is 6.42 Å². The van der Waals surface area contributed by atoms with E-state index in [0.29, 0.717) is 0 Å². The Kier molecular flexibility index (Phi) is 4.33. The van der Waals surface area contributed by atoms with Crippen LogP contribution in [0.1, 0.15) is 17.5 Å². The highest BCUT2D eigenvalue weighted by Crippen LogP contribution is 2.22. The maximum atomic E-state index is 5.31. The van der Waals surface area contributed by atoms with Gasteiger partial charge in [0.05, 0.1) is 0 Å². The smallest absolute Gasteiger partial charge is 0.0242 e. The van der Waals surface area contributed by atoms with Gasteiger partial charge in [0.25, 0.3) is 0 Å². The lowest BCUT2D eigenvalue weighted by Gasteiger charge is -2.09. The van der Waals surface area contributed by atoms with Gasteiger partial charge in [-0.3, -0.25) is 0 Å². The third-order valence-corrected chi connectivity index (χ3v) is 4.14. The van der Waals surface area contributed by atoms with Crippen molar-refractivity contribution in [3.05, 3.63) is 35.4 Å². The highest BCUT2D eigenvalue weighted by Gasteiger charge is 2.14. The second kappa shape index (κ2) is 5.98. The summed E-state index contributed by atoms with van der Waals surface area (Å²) < 4.78 is 0. The molecule has 1 aliphatic rings. The maximum Gasteiger partial charge on any atom is 0.0242 e. The van der Waals surface area contributed by atoms with Gasteiger partial charge in [-0.05, 0) is 48.1 Å². The van der Waals surface area contributed by atoms with Gasteiger partial charge in [0, 0.05) is 12.1 Å². The summed E-state index contributed by atoms with van der Waals surface area (Å²) in [5, 5.41) is 3.52. The molecule has 0 bridgehead atoms. The normalized spacial score (nSPS) is 19.6. The lowest BCUT2D eigenvalue weighted by molar-refractivity contribution is 0.523. The highest BCUT2D eigenvalue weighted by molar-refractivity contribution is 7.99. The Morgan fingerprint density at radius 3 is 2.81 bits per heavy atom. The fraction of sp³-hybridized carbons (Fsp3) is 0.429. The number of thioether (sulfide) groups is 1. The van der Waals surface area contributed by atoms with Gasteiger partial charge in [0.1, 0.15) is 0 Å². The molecule has 0 amide bonds. The van der Waals surface area contributed by atoms with Crippen LogP contribution in [0.15, 0.2) is 24.3 Å². The minimum absolute atomic E-state index is 0.870. The SMILES string of the molecule is C#Cc1ccc(CNCC2CCSC2)cc1. The van der Waals surface area contributed by atoms with Crippen molar-refractivity contribution >= 4 is 11.8 Å². The molecule has 0 saturated carbocycles. The van der Waals surface area contributed by atoms with Gasteiger partial charge in [0.15, 0.2) is 0 Å². The zero-order chi connectivity index (χ0) is 11.2. The van der Waals surface area contributed by atoms with Crippen LogP contribution in [0.25, 0.3) is 0 Å². The van der Waals surface area contributed by atoms with Crippen molar-refractivity contribution in [2.75, 3.05) is 18.1 Å². The molecule has 1 heterocycles. The highest BCUT2D eigenvalue weighted by atomic mass is 32.2. The molecule has 16 heavy (non-hydrogen) atoms. The Morgan fingerprint density at radius 1 is 1.38 bits per heavy atom. The van der Waals surface area contributed by atoms with Crippen molar-refractivity contribution in [3.63, 3.8) is 0 Å². The molecule has 1 aliphatic heterocycles. The van der Waals surface area contributed by atoms with Crippen molar-refractivity contribution in [1.29, 1.82) is 0 Å². The molecule has 1 fully saturated rings. The third-order valence-electron chi connectivity index (χ3n) is 2.91. The standard InChI is InChI=1S/C14H17NS/c1-2-12-3-5-13(6-4-12)9-15-10-14-7-8-16-11-14/h1,3-6,14-15H,7-11H2. The zero-order valence-electron chi connectivity index (χ0n) is 9.41. The molecule has 1 N–H and O–H groups in total. The molecular formula is C14H17NS. The number of terminal acetylenes is 1.